The summed E-state index contributed by atoms with van der Waals surface area (Å²) in [4.78, 5) is 11.9. The monoisotopic (exact) mass is 241 g/mol. The van der Waals surface area contributed by atoms with E-state index >= 15 is 0 Å². The van der Waals surface area contributed by atoms with Crippen molar-refractivity contribution in [2.24, 2.45) is 0 Å². The lowest BCUT2D eigenvalue weighted by Crippen LogP contribution is -2.13. The summed E-state index contributed by atoms with van der Waals surface area (Å²) >= 11 is 0. The Balaban J connectivity index is 2.24. The fourth-order valence-electron chi connectivity index (χ4n) is 1.49. The van der Waals surface area contributed by atoms with Gasteiger partial charge in [-0.25, -0.2) is 0 Å². The molecule has 5 heteroatoms. The number of benzene rings is 1. The Morgan fingerprint density at radius 1 is 1.39 bits per heavy atom. The van der Waals surface area contributed by atoms with Crippen molar-refractivity contribution in [3.05, 3.63) is 46.8 Å². The number of anilines is 1. The molecule has 0 aliphatic heterocycles. The molecule has 1 heterocycles. The summed E-state index contributed by atoms with van der Waals surface area (Å²) in [5.74, 6) is 0.215. The topological polar surface area (TPSA) is 78.9 Å². The maximum atomic E-state index is 11.9. The second-order valence-electron chi connectivity index (χ2n) is 3.92. The molecule has 1 amide bonds. The number of hydrogen-bond acceptors (Lipinski definition) is 4. The van der Waals surface area contributed by atoms with Crippen LogP contribution in [0.25, 0.3) is 0 Å². The number of carbonyl (C=O) groups excluding carboxylic acids is 1. The number of aromatic nitrogens is 1. The van der Waals surface area contributed by atoms with Gasteiger partial charge in [0.1, 0.15) is 5.76 Å². The number of nitriles is 1. The van der Waals surface area contributed by atoms with Crippen molar-refractivity contribution in [3.8, 4) is 6.07 Å². The molecule has 1 aromatic heterocycles. The van der Waals surface area contributed by atoms with Crippen LogP contribution in [-0.2, 0) is 0 Å². The normalized spacial score (nSPS) is 9.83. The van der Waals surface area contributed by atoms with Crippen LogP contribution in [-0.4, -0.2) is 11.1 Å². The number of carbonyl (C=O) groups is 1. The minimum atomic E-state index is -0.356. The average Bonchev–Trinajstić information content (AvgIpc) is 2.79. The van der Waals surface area contributed by atoms with E-state index in [0.717, 1.165) is 5.56 Å². The summed E-state index contributed by atoms with van der Waals surface area (Å²) in [6.07, 6.45) is 0. The highest BCUT2D eigenvalue weighted by Crippen LogP contribution is 2.17. The first kappa shape index (κ1) is 11.9. The largest absolute Gasteiger partial charge is 0.361 e. The Morgan fingerprint density at radius 3 is 2.78 bits per heavy atom. The smallest absolute Gasteiger partial charge is 0.277 e. The van der Waals surface area contributed by atoms with Crippen molar-refractivity contribution in [2.75, 3.05) is 5.32 Å². The van der Waals surface area contributed by atoms with Gasteiger partial charge < -0.3 is 9.84 Å². The number of amides is 1. The van der Waals surface area contributed by atoms with Gasteiger partial charge in [0.25, 0.3) is 5.91 Å². The first-order valence-electron chi connectivity index (χ1n) is 5.35. The molecule has 0 fully saturated rings. The van der Waals surface area contributed by atoms with Gasteiger partial charge in [0.15, 0.2) is 5.69 Å². The molecule has 0 aliphatic carbocycles. The van der Waals surface area contributed by atoms with Gasteiger partial charge in [-0.2, -0.15) is 5.26 Å². The third-order valence-electron chi connectivity index (χ3n) is 2.48. The number of hydrogen-bond donors (Lipinski definition) is 1. The molecule has 0 atom stereocenters. The van der Waals surface area contributed by atoms with Gasteiger partial charge in [-0.05, 0) is 31.5 Å². The predicted octanol–water partition coefficient (Wildman–Crippen LogP) is 2.42. The summed E-state index contributed by atoms with van der Waals surface area (Å²) in [6.45, 7) is 3.57. The van der Waals surface area contributed by atoms with Gasteiger partial charge in [0.2, 0.25) is 0 Å². The third kappa shape index (κ3) is 2.38. The zero-order chi connectivity index (χ0) is 13.1. The van der Waals surface area contributed by atoms with Crippen molar-refractivity contribution < 1.29 is 9.32 Å². The van der Waals surface area contributed by atoms with Crippen LogP contribution < -0.4 is 5.32 Å². The van der Waals surface area contributed by atoms with Gasteiger partial charge in [-0.3, -0.25) is 4.79 Å². The first-order valence-corrected chi connectivity index (χ1v) is 5.35. The minimum Gasteiger partial charge on any atom is -0.361 e. The molecule has 0 saturated heterocycles. The van der Waals surface area contributed by atoms with Crippen molar-refractivity contribution in [2.45, 2.75) is 13.8 Å². The van der Waals surface area contributed by atoms with Crippen molar-refractivity contribution >= 4 is 11.6 Å². The SMILES string of the molecule is Cc1cc(C(=O)Nc2cc(C#N)ccc2C)no1. The molecule has 1 aromatic carbocycles. The summed E-state index contributed by atoms with van der Waals surface area (Å²) < 4.78 is 4.84. The van der Waals surface area contributed by atoms with Crippen LogP contribution in [0, 0.1) is 25.2 Å². The Morgan fingerprint density at radius 2 is 2.17 bits per heavy atom. The lowest BCUT2D eigenvalue weighted by Gasteiger charge is -2.06. The lowest BCUT2D eigenvalue weighted by atomic mass is 10.1. The molecule has 2 aromatic rings. The molecule has 0 bridgehead atoms. The van der Waals surface area contributed by atoms with Crippen LogP contribution in [0.4, 0.5) is 5.69 Å². The molecule has 0 saturated carbocycles. The van der Waals surface area contributed by atoms with Crippen LogP contribution in [0.5, 0.6) is 0 Å². The molecule has 1 N–H and O–H groups in total. The van der Waals surface area contributed by atoms with Gasteiger partial charge in [0.05, 0.1) is 11.6 Å². The predicted molar refractivity (Wildman–Crippen MR) is 65.1 cm³/mol. The second kappa shape index (κ2) is 4.72. The van der Waals surface area contributed by atoms with E-state index in [1.807, 2.05) is 13.0 Å². The van der Waals surface area contributed by atoms with Gasteiger partial charge in [0, 0.05) is 11.8 Å². The van der Waals surface area contributed by atoms with Crippen molar-refractivity contribution in [1.82, 2.24) is 5.16 Å². The molecule has 18 heavy (non-hydrogen) atoms. The summed E-state index contributed by atoms with van der Waals surface area (Å²) in [5.41, 5.74) is 2.18. The lowest BCUT2D eigenvalue weighted by molar-refractivity contribution is 0.101. The highest BCUT2D eigenvalue weighted by Gasteiger charge is 2.12. The van der Waals surface area contributed by atoms with Gasteiger partial charge in [-0.15, -0.1) is 0 Å². The zero-order valence-electron chi connectivity index (χ0n) is 10.0. The fourth-order valence-corrected chi connectivity index (χ4v) is 1.49. The van der Waals surface area contributed by atoms with Crippen LogP contribution in [0.1, 0.15) is 27.4 Å². The minimum absolute atomic E-state index is 0.217. The average molecular weight is 241 g/mol. The second-order valence-corrected chi connectivity index (χ2v) is 3.92. The maximum absolute atomic E-state index is 11.9. The molecule has 0 spiro atoms. The number of nitrogens with zero attached hydrogens (tertiary/aromatic N) is 2. The van der Waals surface area contributed by atoms with E-state index < -0.39 is 0 Å². The van der Waals surface area contributed by atoms with Gasteiger partial charge >= 0.3 is 0 Å². The standard InChI is InChI=1S/C13H11N3O2/c1-8-3-4-10(7-14)6-11(8)15-13(17)12-5-9(2)18-16-12/h3-6H,1-2H3,(H,15,17). The van der Waals surface area contributed by atoms with Crippen molar-refractivity contribution in [1.29, 1.82) is 5.26 Å². The van der Waals surface area contributed by atoms with Crippen LogP contribution in [0.3, 0.4) is 0 Å². The molecule has 90 valence electrons. The zero-order valence-corrected chi connectivity index (χ0v) is 10.0. The summed E-state index contributed by atoms with van der Waals surface area (Å²) in [5, 5.41) is 15.2. The highest BCUT2D eigenvalue weighted by molar-refractivity contribution is 6.03. The Bertz CT molecular complexity index is 638. The fraction of sp³-hybridized carbons (Fsp3) is 0.154. The molecular weight excluding hydrogens is 230 g/mol. The maximum Gasteiger partial charge on any atom is 0.277 e. The van der Waals surface area contributed by atoms with Crippen molar-refractivity contribution in [3.63, 3.8) is 0 Å². The number of aryl methyl sites for hydroxylation is 2. The third-order valence-corrected chi connectivity index (χ3v) is 2.48. The molecule has 0 unspecified atom stereocenters. The van der Waals surface area contributed by atoms with E-state index in [1.54, 1.807) is 31.2 Å². The Labute approximate surface area is 104 Å². The molecule has 0 aliphatic rings. The number of nitrogens with one attached hydrogen (secondary N) is 1. The highest BCUT2D eigenvalue weighted by atomic mass is 16.5. The number of rotatable bonds is 2. The first-order chi connectivity index (χ1) is 8.60. The van der Waals surface area contributed by atoms with E-state index in [9.17, 15) is 4.79 Å². The Hall–Kier alpha value is -2.61. The van der Waals surface area contributed by atoms with E-state index in [-0.39, 0.29) is 11.6 Å². The van der Waals surface area contributed by atoms with Crippen LogP contribution in [0.2, 0.25) is 0 Å². The van der Waals surface area contributed by atoms with Gasteiger partial charge in [-0.1, -0.05) is 11.2 Å². The quantitative estimate of drug-likeness (QED) is 0.875. The molecule has 2 rings (SSSR count). The molecular formula is C13H11N3O2. The molecule has 5 nitrogen and oxygen atoms in total. The van der Waals surface area contributed by atoms with Crippen LogP contribution in [0.15, 0.2) is 28.8 Å². The van der Waals surface area contributed by atoms with Crippen LogP contribution >= 0.6 is 0 Å². The van der Waals surface area contributed by atoms with E-state index in [1.165, 1.54) is 0 Å². The summed E-state index contributed by atoms with van der Waals surface area (Å²) in [7, 11) is 0. The molecule has 0 radical (unpaired) electrons. The van der Waals surface area contributed by atoms with E-state index in [4.69, 9.17) is 9.78 Å². The van der Waals surface area contributed by atoms with E-state index in [2.05, 4.69) is 10.5 Å². The summed E-state index contributed by atoms with van der Waals surface area (Å²) in [6, 6.07) is 8.69. The Kier molecular flexibility index (Phi) is 3.11. The van der Waals surface area contributed by atoms with E-state index in [0.29, 0.717) is 17.0 Å².